The van der Waals surface area contributed by atoms with Gasteiger partial charge in [-0.05, 0) is 74.8 Å². The number of nitrogens with zero attached hydrogens (tertiary/aromatic N) is 1. The summed E-state index contributed by atoms with van der Waals surface area (Å²) < 4.78 is 11.0. The van der Waals surface area contributed by atoms with E-state index in [0.717, 1.165) is 28.8 Å². The lowest BCUT2D eigenvalue weighted by Crippen LogP contribution is -2.48. The van der Waals surface area contributed by atoms with Crippen molar-refractivity contribution in [1.29, 1.82) is 0 Å². The van der Waals surface area contributed by atoms with Crippen LogP contribution in [0.25, 0.3) is 0 Å². The van der Waals surface area contributed by atoms with E-state index in [1.807, 2.05) is 62.1 Å². The van der Waals surface area contributed by atoms with E-state index in [-0.39, 0.29) is 18.1 Å². The molecule has 0 aliphatic carbocycles. The number of methoxy groups -OCH3 is 2. The number of aryl methyl sites for hydroxylation is 1. The van der Waals surface area contributed by atoms with Crippen molar-refractivity contribution in [2.24, 2.45) is 0 Å². The second-order valence-corrected chi connectivity index (χ2v) is 8.58. The Morgan fingerprint density at radius 1 is 1.16 bits per heavy atom. The predicted molar refractivity (Wildman–Crippen MR) is 132 cm³/mol. The van der Waals surface area contributed by atoms with E-state index in [1.165, 1.54) is 0 Å². The minimum absolute atomic E-state index is 0.149. The lowest BCUT2D eigenvalue weighted by atomic mass is 9.92. The van der Waals surface area contributed by atoms with Crippen LogP contribution in [-0.4, -0.2) is 49.4 Å². The Balaban J connectivity index is 1.88. The summed E-state index contributed by atoms with van der Waals surface area (Å²) in [7, 11) is 3.24. The van der Waals surface area contributed by atoms with Gasteiger partial charge in [-0.15, -0.1) is 0 Å². The number of amides is 2. The minimum atomic E-state index is -0.226. The number of benzene rings is 2. The smallest absolute Gasteiger partial charge is 0.322 e. The van der Waals surface area contributed by atoms with Crippen molar-refractivity contribution in [3.63, 3.8) is 0 Å². The molecule has 0 bridgehead atoms. The molecule has 0 spiro atoms. The highest BCUT2D eigenvalue weighted by molar-refractivity contribution is 7.80. The zero-order chi connectivity index (χ0) is 23.3. The SMILES string of the molecule is COc1cc2c(cc1OC)[C@H](CNC(=S)NC(C)C)N(C(=O)Nc1ccc(C)cc1)CC2. The molecule has 2 amide bonds. The van der Waals surface area contributed by atoms with E-state index in [9.17, 15) is 4.79 Å². The zero-order valence-electron chi connectivity index (χ0n) is 19.3. The lowest BCUT2D eigenvalue weighted by Gasteiger charge is -2.38. The van der Waals surface area contributed by atoms with Crippen LogP contribution in [0.2, 0.25) is 0 Å². The van der Waals surface area contributed by atoms with Crippen molar-refractivity contribution < 1.29 is 14.3 Å². The summed E-state index contributed by atoms with van der Waals surface area (Å²) in [6, 6.07) is 11.6. The number of hydrogen-bond donors (Lipinski definition) is 3. The van der Waals surface area contributed by atoms with Gasteiger partial charge in [0, 0.05) is 24.8 Å². The first-order valence-corrected chi connectivity index (χ1v) is 11.2. The number of anilines is 1. The third-order valence-corrected chi connectivity index (χ3v) is 5.70. The molecule has 1 aliphatic heterocycles. The maximum atomic E-state index is 13.3. The molecule has 0 unspecified atom stereocenters. The van der Waals surface area contributed by atoms with Crippen LogP contribution in [0, 0.1) is 6.92 Å². The molecular weight excluding hydrogens is 424 g/mol. The third-order valence-electron chi connectivity index (χ3n) is 5.44. The van der Waals surface area contributed by atoms with Crippen molar-refractivity contribution in [1.82, 2.24) is 15.5 Å². The molecule has 0 saturated carbocycles. The maximum absolute atomic E-state index is 13.3. The molecule has 1 heterocycles. The highest BCUT2D eigenvalue weighted by Crippen LogP contribution is 2.38. The number of nitrogens with one attached hydrogen (secondary N) is 3. The van der Waals surface area contributed by atoms with Crippen LogP contribution >= 0.6 is 12.2 Å². The van der Waals surface area contributed by atoms with Gasteiger partial charge in [-0.25, -0.2) is 4.79 Å². The quantitative estimate of drug-likeness (QED) is 0.570. The molecule has 2 aromatic rings. The second kappa shape index (κ2) is 10.5. The number of carbonyl (C=O) groups is 1. The summed E-state index contributed by atoms with van der Waals surface area (Å²) >= 11 is 5.42. The molecule has 172 valence electrons. The number of rotatable bonds is 6. The Labute approximate surface area is 195 Å². The summed E-state index contributed by atoms with van der Waals surface area (Å²) in [4.78, 5) is 15.1. The Morgan fingerprint density at radius 3 is 2.44 bits per heavy atom. The molecule has 0 aromatic heterocycles. The van der Waals surface area contributed by atoms with Crippen molar-refractivity contribution in [2.75, 3.05) is 32.6 Å². The van der Waals surface area contributed by atoms with Gasteiger partial charge >= 0.3 is 6.03 Å². The van der Waals surface area contributed by atoms with Crippen LogP contribution in [0.15, 0.2) is 36.4 Å². The fraction of sp³-hybridized carbons (Fsp3) is 0.417. The topological polar surface area (TPSA) is 74.9 Å². The summed E-state index contributed by atoms with van der Waals surface area (Å²) in [6.45, 7) is 7.13. The van der Waals surface area contributed by atoms with E-state index in [4.69, 9.17) is 21.7 Å². The standard InChI is InChI=1S/C24H32N4O3S/c1-15(2)26-23(32)25-14-20-19-13-22(31-5)21(30-4)12-17(19)10-11-28(20)24(29)27-18-8-6-16(3)7-9-18/h6-9,12-13,15,20H,10-11,14H2,1-5H3,(H,27,29)(H2,25,26,32)/t20-/m0/s1. The fourth-order valence-corrected chi connectivity index (χ4v) is 4.15. The molecule has 8 heteroatoms. The van der Waals surface area contributed by atoms with Crippen molar-refractivity contribution in [3.05, 3.63) is 53.1 Å². The van der Waals surface area contributed by atoms with Crippen LogP contribution in [-0.2, 0) is 6.42 Å². The second-order valence-electron chi connectivity index (χ2n) is 8.17. The minimum Gasteiger partial charge on any atom is -0.493 e. The zero-order valence-corrected chi connectivity index (χ0v) is 20.1. The van der Waals surface area contributed by atoms with E-state index in [0.29, 0.717) is 29.7 Å². The summed E-state index contributed by atoms with van der Waals surface area (Å²) in [6.07, 6.45) is 0.724. The first kappa shape index (κ1) is 23.7. The first-order valence-electron chi connectivity index (χ1n) is 10.8. The maximum Gasteiger partial charge on any atom is 0.322 e. The molecule has 32 heavy (non-hydrogen) atoms. The average molecular weight is 457 g/mol. The first-order chi connectivity index (χ1) is 15.3. The number of ether oxygens (including phenoxy) is 2. The van der Waals surface area contributed by atoms with Crippen LogP contribution in [0.1, 0.15) is 36.6 Å². The Kier molecular flexibility index (Phi) is 7.80. The molecule has 1 aliphatic rings. The lowest BCUT2D eigenvalue weighted by molar-refractivity contribution is 0.182. The van der Waals surface area contributed by atoms with Crippen molar-refractivity contribution in [2.45, 2.75) is 39.3 Å². The average Bonchev–Trinajstić information content (AvgIpc) is 2.77. The van der Waals surface area contributed by atoms with Gasteiger partial charge in [0.25, 0.3) is 0 Å². The van der Waals surface area contributed by atoms with Crippen LogP contribution in [0.3, 0.4) is 0 Å². The van der Waals surface area contributed by atoms with Gasteiger partial charge in [-0.2, -0.15) is 0 Å². The summed E-state index contributed by atoms with van der Waals surface area (Å²) in [5.41, 5.74) is 4.07. The van der Waals surface area contributed by atoms with Crippen LogP contribution in [0.5, 0.6) is 11.5 Å². The van der Waals surface area contributed by atoms with E-state index >= 15 is 0 Å². The monoisotopic (exact) mass is 456 g/mol. The van der Waals surface area contributed by atoms with E-state index < -0.39 is 0 Å². The number of carbonyl (C=O) groups excluding carboxylic acids is 1. The van der Waals surface area contributed by atoms with E-state index in [1.54, 1.807) is 14.2 Å². The molecule has 0 saturated heterocycles. The van der Waals surface area contributed by atoms with Crippen molar-refractivity contribution in [3.8, 4) is 11.5 Å². The van der Waals surface area contributed by atoms with Gasteiger partial charge < -0.3 is 30.3 Å². The Morgan fingerprint density at radius 2 is 1.81 bits per heavy atom. The van der Waals surface area contributed by atoms with Gasteiger partial charge in [-0.3, -0.25) is 0 Å². The molecule has 7 nitrogen and oxygen atoms in total. The number of urea groups is 1. The molecule has 0 fully saturated rings. The number of hydrogen-bond acceptors (Lipinski definition) is 4. The number of thiocarbonyl (C=S) groups is 1. The predicted octanol–water partition coefficient (Wildman–Crippen LogP) is 4.02. The molecule has 3 rings (SSSR count). The molecule has 1 atom stereocenters. The normalized spacial score (nSPS) is 15.1. The number of fused-ring (bicyclic) bond motifs is 1. The third kappa shape index (κ3) is 5.62. The highest BCUT2D eigenvalue weighted by atomic mass is 32.1. The summed E-state index contributed by atoms with van der Waals surface area (Å²) in [5, 5.41) is 10.1. The largest absolute Gasteiger partial charge is 0.493 e. The molecular formula is C24H32N4O3S. The van der Waals surface area contributed by atoms with Gasteiger partial charge in [0.2, 0.25) is 0 Å². The highest BCUT2D eigenvalue weighted by Gasteiger charge is 2.32. The van der Waals surface area contributed by atoms with Gasteiger partial charge in [-0.1, -0.05) is 17.7 Å². The molecule has 0 radical (unpaired) electrons. The van der Waals surface area contributed by atoms with Crippen molar-refractivity contribution >= 4 is 29.0 Å². The Hall–Kier alpha value is -3.00. The Bertz CT molecular complexity index is 962. The van der Waals surface area contributed by atoms with Gasteiger partial charge in [0.1, 0.15) is 0 Å². The fourth-order valence-electron chi connectivity index (χ4n) is 3.83. The molecule has 2 aromatic carbocycles. The van der Waals surface area contributed by atoms with Gasteiger partial charge in [0.15, 0.2) is 16.6 Å². The van der Waals surface area contributed by atoms with Crippen LogP contribution in [0.4, 0.5) is 10.5 Å². The summed E-state index contributed by atoms with van der Waals surface area (Å²) in [5.74, 6) is 1.33. The van der Waals surface area contributed by atoms with Crippen LogP contribution < -0.4 is 25.4 Å². The molecule has 3 N–H and O–H groups in total. The van der Waals surface area contributed by atoms with Gasteiger partial charge in [0.05, 0.1) is 20.3 Å². The van der Waals surface area contributed by atoms with E-state index in [2.05, 4.69) is 16.0 Å².